The molecule has 2 atom stereocenters. The summed E-state index contributed by atoms with van der Waals surface area (Å²) in [6, 6.07) is 0. The van der Waals surface area contributed by atoms with E-state index in [4.69, 9.17) is 4.74 Å². The summed E-state index contributed by atoms with van der Waals surface area (Å²) in [6.45, 7) is 2.19. The first-order chi connectivity index (χ1) is 8.79. The second-order valence-electron chi connectivity index (χ2n) is 5.58. The van der Waals surface area contributed by atoms with Crippen LogP contribution < -0.4 is 0 Å². The summed E-state index contributed by atoms with van der Waals surface area (Å²) >= 11 is 0. The van der Waals surface area contributed by atoms with E-state index in [0.29, 0.717) is 24.4 Å². The van der Waals surface area contributed by atoms with Crippen LogP contribution >= 0.6 is 0 Å². The number of carbonyl (C=O) groups excluding carboxylic acids is 1. The van der Waals surface area contributed by atoms with Crippen LogP contribution in [0.2, 0.25) is 0 Å². The highest BCUT2D eigenvalue weighted by Gasteiger charge is 2.37. The van der Waals surface area contributed by atoms with Gasteiger partial charge >= 0.3 is 0 Å². The van der Waals surface area contributed by atoms with Gasteiger partial charge in [0.05, 0.1) is 18.6 Å². The van der Waals surface area contributed by atoms with Crippen molar-refractivity contribution in [2.75, 3.05) is 0 Å². The summed E-state index contributed by atoms with van der Waals surface area (Å²) in [5.41, 5.74) is 0. The number of carbonyl (C=O) groups is 1. The van der Waals surface area contributed by atoms with Crippen LogP contribution in [-0.4, -0.2) is 18.0 Å². The van der Waals surface area contributed by atoms with Crippen LogP contribution in [0.15, 0.2) is 0 Å². The molecule has 18 heavy (non-hydrogen) atoms. The van der Waals surface area contributed by atoms with Gasteiger partial charge in [0.2, 0.25) is 0 Å². The predicted octanol–water partition coefficient (Wildman–Crippen LogP) is 3.49. The van der Waals surface area contributed by atoms with Gasteiger partial charge in [-0.05, 0) is 32.1 Å². The van der Waals surface area contributed by atoms with Crippen molar-refractivity contribution < 1.29 is 9.53 Å². The van der Waals surface area contributed by atoms with E-state index in [2.05, 4.69) is 18.8 Å². The molecular formula is C16H24O2. The smallest absolute Gasteiger partial charge is 0.148 e. The molecule has 0 aromatic heterocycles. The molecule has 0 spiro atoms. The van der Waals surface area contributed by atoms with Crippen LogP contribution in [0.25, 0.3) is 0 Å². The lowest BCUT2D eigenvalue weighted by Crippen LogP contribution is -2.29. The van der Waals surface area contributed by atoms with Gasteiger partial charge < -0.3 is 4.74 Å². The van der Waals surface area contributed by atoms with Crippen molar-refractivity contribution >= 4 is 5.78 Å². The minimum atomic E-state index is 0.223. The average Bonchev–Trinajstić information content (AvgIpc) is 2.72. The lowest BCUT2D eigenvalue weighted by Gasteiger charge is -2.26. The molecule has 2 fully saturated rings. The van der Waals surface area contributed by atoms with Gasteiger partial charge in [0.1, 0.15) is 5.78 Å². The zero-order valence-corrected chi connectivity index (χ0v) is 11.4. The fourth-order valence-electron chi connectivity index (χ4n) is 2.97. The summed E-state index contributed by atoms with van der Waals surface area (Å²) < 4.78 is 5.76. The molecular weight excluding hydrogens is 224 g/mol. The largest absolute Gasteiger partial charge is 0.375 e. The summed E-state index contributed by atoms with van der Waals surface area (Å²) in [7, 11) is 0. The number of ketones is 1. The molecule has 2 aliphatic heterocycles. The molecule has 2 aliphatic rings. The highest BCUT2D eigenvalue weighted by Crippen LogP contribution is 2.36. The molecule has 2 heteroatoms. The molecule has 0 radical (unpaired) electrons. The van der Waals surface area contributed by atoms with Crippen molar-refractivity contribution in [2.45, 2.75) is 76.9 Å². The first kappa shape index (κ1) is 13.6. The number of hydrogen-bond acceptors (Lipinski definition) is 2. The first-order valence-corrected chi connectivity index (χ1v) is 7.43. The lowest BCUT2D eigenvalue weighted by atomic mass is 9.90. The van der Waals surface area contributed by atoms with Gasteiger partial charge in [0.15, 0.2) is 0 Å². The molecule has 2 heterocycles. The quantitative estimate of drug-likeness (QED) is 0.550. The van der Waals surface area contributed by atoms with Crippen molar-refractivity contribution in [3.63, 3.8) is 0 Å². The van der Waals surface area contributed by atoms with Gasteiger partial charge in [-0.25, -0.2) is 0 Å². The second kappa shape index (κ2) is 6.95. The number of ether oxygens (including phenoxy) is 1. The summed E-state index contributed by atoms with van der Waals surface area (Å²) in [5, 5.41) is 0. The number of rotatable bonds is 5. The molecule has 100 valence electrons. The minimum Gasteiger partial charge on any atom is -0.375 e. The summed E-state index contributed by atoms with van der Waals surface area (Å²) in [5.74, 6) is 6.75. The molecule has 2 unspecified atom stereocenters. The normalized spacial score (nSPS) is 29.7. The zero-order valence-electron chi connectivity index (χ0n) is 11.4. The van der Waals surface area contributed by atoms with Gasteiger partial charge in [-0.2, -0.15) is 0 Å². The Morgan fingerprint density at radius 1 is 1.17 bits per heavy atom. The van der Waals surface area contributed by atoms with E-state index in [-0.39, 0.29) is 5.92 Å². The van der Waals surface area contributed by atoms with Crippen molar-refractivity contribution in [1.82, 2.24) is 0 Å². The maximum atomic E-state index is 12.0. The Morgan fingerprint density at radius 3 is 2.56 bits per heavy atom. The third-order valence-corrected chi connectivity index (χ3v) is 4.04. The van der Waals surface area contributed by atoms with Gasteiger partial charge in [-0.15, -0.1) is 5.92 Å². The molecule has 2 bridgehead atoms. The Labute approximate surface area is 110 Å². The molecule has 2 nitrogen and oxygen atoms in total. The predicted molar refractivity (Wildman–Crippen MR) is 72.2 cm³/mol. The summed E-state index contributed by atoms with van der Waals surface area (Å²) in [6.07, 6.45) is 9.92. The topological polar surface area (TPSA) is 26.3 Å². The Hall–Kier alpha value is -0.810. The van der Waals surface area contributed by atoms with E-state index >= 15 is 0 Å². The molecule has 0 N–H and O–H groups in total. The van der Waals surface area contributed by atoms with E-state index in [1.165, 1.54) is 19.3 Å². The monoisotopic (exact) mass is 248 g/mol. The second-order valence-corrected chi connectivity index (χ2v) is 5.58. The molecule has 0 aliphatic carbocycles. The van der Waals surface area contributed by atoms with Crippen LogP contribution in [0.3, 0.4) is 0 Å². The van der Waals surface area contributed by atoms with Gasteiger partial charge in [-0.1, -0.05) is 25.7 Å². The van der Waals surface area contributed by atoms with E-state index in [1.54, 1.807) is 0 Å². The molecule has 0 saturated carbocycles. The van der Waals surface area contributed by atoms with Crippen LogP contribution in [0.5, 0.6) is 0 Å². The van der Waals surface area contributed by atoms with Crippen molar-refractivity contribution in [2.24, 2.45) is 5.92 Å². The number of fused-ring (bicyclic) bond motifs is 2. The first-order valence-electron chi connectivity index (χ1n) is 7.43. The molecule has 0 aromatic carbocycles. The maximum Gasteiger partial charge on any atom is 0.148 e. The van der Waals surface area contributed by atoms with Gasteiger partial charge in [0.25, 0.3) is 0 Å². The highest BCUT2D eigenvalue weighted by atomic mass is 16.5. The van der Waals surface area contributed by atoms with E-state index in [1.807, 2.05) is 0 Å². The average molecular weight is 248 g/mol. The Kier molecular flexibility index (Phi) is 5.26. The molecule has 2 saturated heterocycles. The Balaban J connectivity index is 1.68. The number of hydrogen-bond donors (Lipinski definition) is 0. The summed E-state index contributed by atoms with van der Waals surface area (Å²) in [4.78, 5) is 12.0. The van der Waals surface area contributed by atoms with Gasteiger partial charge in [0, 0.05) is 12.3 Å². The van der Waals surface area contributed by atoms with Crippen molar-refractivity contribution in [3.05, 3.63) is 0 Å². The highest BCUT2D eigenvalue weighted by molar-refractivity contribution is 5.83. The SMILES string of the molecule is CCCCCC#CCC(=O)C1CC2CCC(C1)O2. The third-order valence-electron chi connectivity index (χ3n) is 4.04. The van der Waals surface area contributed by atoms with E-state index < -0.39 is 0 Å². The zero-order chi connectivity index (χ0) is 12.8. The van der Waals surface area contributed by atoms with E-state index in [0.717, 1.165) is 32.1 Å². The number of unbranched alkanes of at least 4 members (excludes halogenated alkanes) is 3. The number of Topliss-reactive ketones (excluding diaryl/α,β-unsaturated/α-hetero) is 1. The molecule has 0 aromatic rings. The van der Waals surface area contributed by atoms with Crippen LogP contribution in [0.1, 0.15) is 64.7 Å². The molecule has 2 rings (SSSR count). The van der Waals surface area contributed by atoms with Crippen LogP contribution in [0, 0.1) is 17.8 Å². The minimum absolute atomic E-state index is 0.223. The fourth-order valence-corrected chi connectivity index (χ4v) is 2.97. The maximum absolute atomic E-state index is 12.0. The van der Waals surface area contributed by atoms with E-state index in [9.17, 15) is 4.79 Å². The molecule has 0 amide bonds. The standard InChI is InChI=1S/C16H24O2/c1-2-3-4-5-6-7-8-16(17)13-11-14-9-10-15(12-13)18-14/h13-15H,2-5,8-12H2,1H3. The van der Waals surface area contributed by atoms with Gasteiger partial charge in [-0.3, -0.25) is 4.79 Å². The van der Waals surface area contributed by atoms with Crippen molar-refractivity contribution in [1.29, 1.82) is 0 Å². The van der Waals surface area contributed by atoms with Crippen LogP contribution in [0.4, 0.5) is 0 Å². The lowest BCUT2D eigenvalue weighted by molar-refractivity contribution is -0.127. The Morgan fingerprint density at radius 2 is 1.89 bits per heavy atom. The van der Waals surface area contributed by atoms with Crippen molar-refractivity contribution in [3.8, 4) is 11.8 Å². The third kappa shape index (κ3) is 3.85. The Bertz CT molecular complexity index is 325. The van der Waals surface area contributed by atoms with Crippen LogP contribution in [-0.2, 0) is 9.53 Å². The fraction of sp³-hybridized carbons (Fsp3) is 0.812.